The van der Waals surface area contributed by atoms with Crippen LogP contribution in [0.25, 0.3) is 22.3 Å². The van der Waals surface area contributed by atoms with Crippen LogP contribution in [0.2, 0.25) is 0 Å². The lowest BCUT2D eigenvalue weighted by atomic mass is 9.80. The molecule has 4 aromatic carbocycles. The summed E-state index contributed by atoms with van der Waals surface area (Å²) in [6, 6.07) is 13.0. The van der Waals surface area contributed by atoms with Gasteiger partial charge in [-0.1, -0.05) is 49.9 Å². The number of methoxy groups -OCH3 is 4. The number of carbonyl (C=O) groups excluding carboxylic acids is 2. The maximum Gasteiger partial charge on any atom is 0.321 e. The first kappa shape index (κ1) is 65.9. The minimum atomic E-state index is -2.17. The van der Waals surface area contributed by atoms with Crippen LogP contribution >= 0.6 is 0 Å². The summed E-state index contributed by atoms with van der Waals surface area (Å²) in [7, 11) is 6.05. The highest BCUT2D eigenvalue weighted by atomic mass is 18.2. The van der Waals surface area contributed by atoms with E-state index in [1.54, 1.807) is 32.4 Å². The van der Waals surface area contributed by atoms with Gasteiger partial charge < -0.3 is 49.6 Å². The molecule has 0 saturated carbocycles. The number of aliphatic carboxylic acids is 4. The summed E-state index contributed by atoms with van der Waals surface area (Å²) in [5, 5.41) is 40.5. The topological polar surface area (TPSA) is 270 Å². The van der Waals surface area contributed by atoms with Gasteiger partial charge in [0, 0.05) is 36.9 Å². The number of fused-ring (bicyclic) bond motifs is 6. The maximum absolute atomic E-state index is 13.9. The number of hydrogen-bond donors (Lipinski definition) is 5. The standard InChI is InChI=1S/C32H40FNO8.C31H38FNO8/c1-19-17-21-10-12-24(23-18-25(35)26(41-4)13-11-22(23)28(21)29(42-5)20(19)2)34(16-15-33)27(36)9-7-6-8-14-32(3,30(37)38)31(39)40;1-18-16-20-9-11-23(33-26(35)8-6-5-7-13-31(14-15-32,29(36)37)30(38)39)22-17-24(34)25(40-3)12-10-21(22)27(20)28(41-4)19(18)2/h11,13,17-18,24H,6-10,12,14-16H2,1-5H3,(H,37,38)(H,39,40);10,12,16-17,23H,5-9,11,13-15H2,1-4H3,(H,33,35)(H,36,37)(H,38,39)/t24-;23-/m00/s1/i33-1;32-1. The molecule has 5 N–H and O–H groups in total. The van der Waals surface area contributed by atoms with Gasteiger partial charge in [-0.15, -0.1) is 0 Å². The molecule has 0 aromatic heterocycles. The van der Waals surface area contributed by atoms with Crippen molar-refractivity contribution in [2.24, 2.45) is 10.8 Å². The summed E-state index contributed by atoms with van der Waals surface area (Å²) in [6.07, 6.45) is 3.67. The number of carboxylic acids is 4. The monoisotopic (exact) mass is 1150 g/mol. The molecule has 0 unspecified atom stereocenters. The van der Waals surface area contributed by atoms with Crippen LogP contribution in [-0.2, 0) is 41.6 Å². The third kappa shape index (κ3) is 14.8. The Bertz CT molecular complexity index is 3170. The minimum absolute atomic E-state index is 0.0699. The van der Waals surface area contributed by atoms with Crippen molar-refractivity contribution < 1.29 is 76.9 Å². The molecule has 450 valence electrons. The van der Waals surface area contributed by atoms with E-state index in [0.717, 1.165) is 55.8 Å². The molecule has 83 heavy (non-hydrogen) atoms. The number of carbonyl (C=O) groups is 6. The highest BCUT2D eigenvalue weighted by molar-refractivity contribution is 5.98. The molecule has 6 rings (SSSR count). The Morgan fingerprint density at radius 2 is 1.07 bits per heavy atom. The van der Waals surface area contributed by atoms with E-state index >= 15 is 0 Å². The summed E-state index contributed by atoms with van der Waals surface area (Å²) >= 11 is 0. The second-order valence-electron chi connectivity index (χ2n) is 21.5. The number of unbranched alkanes of at least 4 members (excludes halogenated alkanes) is 4. The van der Waals surface area contributed by atoms with Gasteiger partial charge in [-0.2, -0.15) is 0 Å². The van der Waals surface area contributed by atoms with E-state index in [2.05, 4.69) is 17.4 Å². The van der Waals surface area contributed by atoms with Crippen molar-refractivity contribution in [3.8, 4) is 45.3 Å². The fourth-order valence-corrected chi connectivity index (χ4v) is 11.3. The number of amides is 2. The molecule has 0 fully saturated rings. The van der Waals surface area contributed by atoms with Gasteiger partial charge in [0.2, 0.25) is 22.7 Å². The quantitative estimate of drug-likeness (QED) is 0.0289. The lowest BCUT2D eigenvalue weighted by molar-refractivity contribution is -0.167. The molecule has 2 amide bonds. The molecule has 20 heteroatoms. The molecule has 0 aliphatic heterocycles. The zero-order chi connectivity index (χ0) is 61.5. The van der Waals surface area contributed by atoms with Crippen molar-refractivity contribution in [1.29, 1.82) is 0 Å². The summed E-state index contributed by atoms with van der Waals surface area (Å²) in [5.74, 6) is -4.74. The van der Waals surface area contributed by atoms with Crippen LogP contribution in [0.1, 0.15) is 147 Å². The predicted molar refractivity (Wildman–Crippen MR) is 307 cm³/mol. The third-order valence-corrected chi connectivity index (χ3v) is 16.5. The Morgan fingerprint density at radius 3 is 1.54 bits per heavy atom. The van der Waals surface area contributed by atoms with Crippen molar-refractivity contribution in [2.45, 2.75) is 143 Å². The number of nitrogens with one attached hydrogen (secondary N) is 1. The van der Waals surface area contributed by atoms with Crippen LogP contribution in [0.3, 0.4) is 0 Å². The molecule has 0 spiro atoms. The Labute approximate surface area is 482 Å². The van der Waals surface area contributed by atoms with E-state index in [4.69, 9.17) is 18.9 Å². The molecule has 0 heterocycles. The molecule has 0 radical (unpaired) electrons. The molecule has 2 atom stereocenters. The van der Waals surface area contributed by atoms with Gasteiger partial charge in [-0.25, -0.2) is 4.39 Å². The summed E-state index contributed by atoms with van der Waals surface area (Å²) in [5.41, 5.74) is 5.84. The number of rotatable bonds is 26. The minimum Gasteiger partial charge on any atom is -0.496 e. The van der Waals surface area contributed by atoms with Crippen molar-refractivity contribution in [3.05, 3.63) is 113 Å². The van der Waals surface area contributed by atoms with E-state index in [1.807, 2.05) is 33.8 Å². The fourth-order valence-electron chi connectivity index (χ4n) is 11.3. The lowest BCUT2D eigenvalue weighted by Crippen LogP contribution is -2.40. The average Bonchev–Trinajstić information content (AvgIpc) is 2.56. The Hall–Kier alpha value is -7.90. The lowest BCUT2D eigenvalue weighted by Gasteiger charge is -2.31. The Balaban J connectivity index is 0.000000304. The largest absolute Gasteiger partial charge is 0.496 e. The average molecular weight is 1160 g/mol. The fraction of sp³-hybridized carbons (Fsp3) is 0.492. The normalized spacial score (nSPS) is 14.3. The van der Waals surface area contributed by atoms with Gasteiger partial charge in [-0.05, 0) is 166 Å². The number of ether oxygens (including phenoxy) is 4. The molecule has 2 aliphatic rings. The van der Waals surface area contributed by atoms with Crippen LogP contribution in [0.4, 0.5) is 8.78 Å². The van der Waals surface area contributed by atoms with E-state index in [0.29, 0.717) is 80.2 Å². The van der Waals surface area contributed by atoms with E-state index in [-0.39, 0.29) is 72.8 Å². The molecular formula is C63H78F2N2O16. The summed E-state index contributed by atoms with van der Waals surface area (Å²) < 4.78 is 49.1. The van der Waals surface area contributed by atoms with Crippen molar-refractivity contribution >= 4 is 35.7 Å². The first-order valence-corrected chi connectivity index (χ1v) is 27.8. The number of aryl methyl sites for hydroxylation is 4. The van der Waals surface area contributed by atoms with Gasteiger partial charge in [0.25, 0.3) is 0 Å². The van der Waals surface area contributed by atoms with E-state index < -0.39 is 66.6 Å². The van der Waals surface area contributed by atoms with Gasteiger partial charge in [0.05, 0.1) is 47.2 Å². The Kier molecular flexibility index (Phi) is 23.3. The van der Waals surface area contributed by atoms with Gasteiger partial charge in [0.1, 0.15) is 18.2 Å². The number of alkyl halides is 2. The predicted octanol–water partition coefficient (Wildman–Crippen LogP) is 10.2. The number of benzene rings is 2. The highest BCUT2D eigenvalue weighted by Gasteiger charge is 2.46. The number of halogens is 2. The third-order valence-electron chi connectivity index (χ3n) is 16.5. The van der Waals surface area contributed by atoms with Crippen molar-refractivity contribution in [3.63, 3.8) is 0 Å². The molecule has 4 aromatic rings. The second kappa shape index (κ2) is 29.4. The molecule has 0 bridgehead atoms. The maximum atomic E-state index is 13.9. The first-order valence-electron chi connectivity index (χ1n) is 27.8. The van der Waals surface area contributed by atoms with Crippen molar-refractivity contribution in [2.75, 3.05) is 48.3 Å². The number of nitrogens with zero attached hydrogens (tertiary/aromatic N) is 1. The van der Waals surface area contributed by atoms with Gasteiger partial charge in [0.15, 0.2) is 22.3 Å². The highest BCUT2D eigenvalue weighted by Crippen LogP contribution is 2.47. The van der Waals surface area contributed by atoms with Crippen LogP contribution in [0, 0.1) is 38.5 Å². The SMILES string of the molecule is COc1c(C)c(C)cc2c1-c1ccc(OC)c(=O)cc1[C@@H](N(CC[18F])C(=O)CCCCCC(C)(C(=O)O)C(=O)O)CC2.COc1c(C)c(C)cc2c1-c1ccc(OC)c(=O)cc1[C@@H](NC(=O)CCCCCC(CC[18F])(C(=O)O)C(=O)O)CC2. The van der Waals surface area contributed by atoms with Crippen molar-refractivity contribution in [1.82, 2.24) is 10.2 Å². The zero-order valence-corrected chi connectivity index (χ0v) is 48.9. The van der Waals surface area contributed by atoms with Gasteiger partial charge >= 0.3 is 23.9 Å². The number of hydrogen-bond acceptors (Lipinski definition) is 12. The van der Waals surface area contributed by atoms with Crippen LogP contribution < -0.4 is 35.1 Å². The van der Waals surface area contributed by atoms with E-state index in [9.17, 15) is 67.6 Å². The van der Waals surface area contributed by atoms with Crippen LogP contribution in [0.5, 0.6) is 23.0 Å². The summed E-state index contributed by atoms with van der Waals surface area (Å²) in [4.78, 5) is 100. The summed E-state index contributed by atoms with van der Waals surface area (Å²) in [6.45, 7) is 7.16. The molecular weight excluding hydrogens is 1080 g/mol. The van der Waals surface area contributed by atoms with Crippen LogP contribution in [-0.4, -0.2) is 109 Å². The Morgan fingerprint density at radius 1 is 0.590 bits per heavy atom. The zero-order valence-electron chi connectivity index (χ0n) is 48.9. The van der Waals surface area contributed by atoms with Crippen LogP contribution in [0.15, 0.2) is 58.1 Å². The van der Waals surface area contributed by atoms with Gasteiger partial charge in [-0.3, -0.25) is 42.7 Å². The number of carboxylic acid groups (broad SMARTS) is 4. The second-order valence-corrected chi connectivity index (χ2v) is 21.5. The molecule has 0 saturated heterocycles. The van der Waals surface area contributed by atoms with E-state index in [1.165, 1.54) is 38.2 Å². The smallest absolute Gasteiger partial charge is 0.321 e. The first-order chi connectivity index (χ1) is 39.4. The molecule has 18 nitrogen and oxygen atoms in total. The molecule has 2 aliphatic carbocycles.